The lowest BCUT2D eigenvalue weighted by Gasteiger charge is -2.29. The first-order valence-corrected chi connectivity index (χ1v) is 2.79. The normalized spacial score (nSPS) is 13.2. The van der Waals surface area contributed by atoms with Crippen molar-refractivity contribution in [2.75, 3.05) is 6.54 Å². The Balaban J connectivity index is 4.10. The highest BCUT2D eigenvalue weighted by Gasteiger charge is 2.45. The molecule has 0 saturated carbocycles. The highest BCUT2D eigenvalue weighted by Crippen LogP contribution is 2.08. The number of hydrogen-bond acceptors (Lipinski definition) is 6. The third kappa shape index (κ3) is 2.93. The number of hydrogen-bond donors (Lipinski definition) is 6. The second-order valence-corrected chi connectivity index (χ2v) is 1.98. The highest BCUT2D eigenvalue weighted by molar-refractivity contribution is 4.76. The van der Waals surface area contributed by atoms with Crippen LogP contribution in [0.4, 0.5) is 0 Å². The maximum atomic E-state index is 8.63. The first-order valence-electron chi connectivity index (χ1n) is 2.79. The van der Waals surface area contributed by atoms with Crippen LogP contribution in [0.2, 0.25) is 0 Å². The smallest absolute Gasteiger partial charge is 0.347 e. The van der Waals surface area contributed by atoms with Crippen molar-refractivity contribution in [3.05, 3.63) is 12.7 Å². The van der Waals surface area contributed by atoms with E-state index in [4.69, 9.17) is 25.5 Å². The summed E-state index contributed by atoms with van der Waals surface area (Å²) in [7, 11) is 0. The molecule has 0 rings (SSSR count). The van der Waals surface area contributed by atoms with Crippen LogP contribution >= 0.6 is 0 Å². The fourth-order valence-corrected chi connectivity index (χ4v) is 0.333. The van der Waals surface area contributed by atoms with Gasteiger partial charge in [-0.1, -0.05) is 6.08 Å². The van der Waals surface area contributed by atoms with Crippen molar-refractivity contribution in [2.24, 2.45) is 0 Å². The number of rotatable bonds is 4. The Labute approximate surface area is 63.0 Å². The van der Waals surface area contributed by atoms with Crippen LogP contribution in [-0.4, -0.2) is 44.0 Å². The molecule has 0 atom stereocenters. The lowest BCUT2D eigenvalue weighted by atomic mass is 10.4. The Morgan fingerprint density at radius 1 is 1.18 bits per heavy atom. The summed E-state index contributed by atoms with van der Waals surface area (Å²) in [4.78, 5) is 0. The van der Waals surface area contributed by atoms with Gasteiger partial charge in [0, 0.05) is 6.54 Å². The molecule has 0 amide bonds. The molecule has 0 spiro atoms. The summed E-state index contributed by atoms with van der Waals surface area (Å²) in [6, 6.07) is 0. The summed E-state index contributed by atoms with van der Waals surface area (Å²) in [5.74, 6) is -6.77. The molecule has 0 aliphatic rings. The Morgan fingerprint density at radius 3 is 1.91 bits per heavy atom. The van der Waals surface area contributed by atoms with Crippen molar-refractivity contribution < 1.29 is 25.5 Å². The van der Waals surface area contributed by atoms with E-state index < -0.39 is 11.9 Å². The van der Waals surface area contributed by atoms with Gasteiger partial charge in [0.2, 0.25) is 0 Å². The zero-order chi connectivity index (χ0) is 9.12. The van der Waals surface area contributed by atoms with E-state index in [1.54, 1.807) is 5.32 Å². The van der Waals surface area contributed by atoms with E-state index in [2.05, 4.69) is 6.58 Å². The first-order chi connectivity index (χ1) is 4.81. The maximum Gasteiger partial charge on any atom is 0.348 e. The average Bonchev–Trinajstić information content (AvgIpc) is 1.81. The van der Waals surface area contributed by atoms with Crippen LogP contribution < -0.4 is 5.32 Å². The molecule has 6 N–H and O–H groups in total. The molecular formula is C5H11NO5. The molecule has 0 heterocycles. The lowest BCUT2D eigenvalue weighted by molar-refractivity contribution is -0.455. The van der Waals surface area contributed by atoms with Crippen LogP contribution in [0.25, 0.3) is 0 Å². The quantitative estimate of drug-likeness (QED) is 0.196. The van der Waals surface area contributed by atoms with E-state index in [9.17, 15) is 0 Å². The molecule has 0 radical (unpaired) electrons. The molecule has 6 nitrogen and oxygen atoms in total. The minimum Gasteiger partial charge on any atom is -0.347 e. The topological polar surface area (TPSA) is 113 Å². The van der Waals surface area contributed by atoms with E-state index in [1.165, 1.54) is 6.08 Å². The first kappa shape index (κ1) is 10.5. The van der Waals surface area contributed by atoms with E-state index in [0.717, 1.165) is 0 Å². The van der Waals surface area contributed by atoms with Gasteiger partial charge in [-0.15, -0.1) is 6.58 Å². The van der Waals surface area contributed by atoms with Gasteiger partial charge in [0.05, 0.1) is 0 Å². The summed E-state index contributed by atoms with van der Waals surface area (Å²) in [6.45, 7) is 3.12. The zero-order valence-electron chi connectivity index (χ0n) is 5.73. The van der Waals surface area contributed by atoms with Gasteiger partial charge in [-0.3, -0.25) is 5.32 Å². The standard InChI is InChI=1S/C5H11NO5/c1-2-3-6-4(7,8)5(9,10)11/h2,6-11H,1,3H2. The molecule has 0 aromatic carbocycles. The van der Waals surface area contributed by atoms with Crippen LogP contribution in [-0.2, 0) is 0 Å². The monoisotopic (exact) mass is 165 g/mol. The fourth-order valence-electron chi connectivity index (χ4n) is 0.333. The van der Waals surface area contributed by atoms with Crippen LogP contribution in [0, 0.1) is 0 Å². The molecule has 6 heteroatoms. The lowest BCUT2D eigenvalue weighted by Crippen LogP contribution is -2.63. The Kier molecular flexibility index (Phi) is 3.12. The third-order valence-electron chi connectivity index (χ3n) is 0.961. The van der Waals surface area contributed by atoms with Gasteiger partial charge in [-0.25, -0.2) is 0 Å². The van der Waals surface area contributed by atoms with Crippen molar-refractivity contribution in [2.45, 2.75) is 11.9 Å². The third-order valence-corrected chi connectivity index (χ3v) is 0.961. The molecule has 0 unspecified atom stereocenters. The van der Waals surface area contributed by atoms with Crippen LogP contribution in [0.1, 0.15) is 0 Å². The van der Waals surface area contributed by atoms with E-state index in [-0.39, 0.29) is 6.54 Å². The molecule has 0 aromatic rings. The van der Waals surface area contributed by atoms with Crippen LogP contribution in [0.5, 0.6) is 0 Å². The maximum absolute atomic E-state index is 8.63. The predicted molar refractivity (Wildman–Crippen MR) is 34.8 cm³/mol. The van der Waals surface area contributed by atoms with Gasteiger partial charge in [-0.2, -0.15) is 0 Å². The van der Waals surface area contributed by atoms with Gasteiger partial charge < -0.3 is 25.5 Å². The second kappa shape index (κ2) is 3.26. The Morgan fingerprint density at radius 2 is 1.64 bits per heavy atom. The molecule has 0 saturated heterocycles. The predicted octanol–water partition coefficient (Wildman–Crippen LogP) is -2.97. The van der Waals surface area contributed by atoms with Crippen LogP contribution in [0.3, 0.4) is 0 Å². The summed E-state index contributed by atoms with van der Waals surface area (Å²) >= 11 is 0. The minimum absolute atomic E-state index is 0.101. The molecule has 0 bridgehead atoms. The zero-order valence-corrected chi connectivity index (χ0v) is 5.73. The van der Waals surface area contributed by atoms with Crippen molar-refractivity contribution in [3.8, 4) is 0 Å². The van der Waals surface area contributed by atoms with E-state index in [0.29, 0.717) is 0 Å². The Bertz CT molecular complexity index is 138. The van der Waals surface area contributed by atoms with Gasteiger partial charge >= 0.3 is 11.9 Å². The van der Waals surface area contributed by atoms with Gasteiger partial charge in [0.15, 0.2) is 0 Å². The van der Waals surface area contributed by atoms with Gasteiger partial charge in [-0.05, 0) is 0 Å². The second-order valence-electron chi connectivity index (χ2n) is 1.98. The van der Waals surface area contributed by atoms with Crippen molar-refractivity contribution in [1.82, 2.24) is 5.32 Å². The van der Waals surface area contributed by atoms with Crippen molar-refractivity contribution in [3.63, 3.8) is 0 Å². The summed E-state index contributed by atoms with van der Waals surface area (Å²) in [5, 5.41) is 43.9. The molecule has 0 fully saturated rings. The summed E-state index contributed by atoms with van der Waals surface area (Å²) in [6.07, 6.45) is 1.24. The van der Waals surface area contributed by atoms with E-state index >= 15 is 0 Å². The fraction of sp³-hybridized carbons (Fsp3) is 0.600. The Hall–Kier alpha value is -0.500. The molecule has 0 aliphatic heterocycles. The highest BCUT2D eigenvalue weighted by atomic mass is 16.7. The van der Waals surface area contributed by atoms with Crippen molar-refractivity contribution >= 4 is 0 Å². The summed E-state index contributed by atoms with van der Waals surface area (Å²) < 4.78 is 0. The molecule has 0 aliphatic carbocycles. The average molecular weight is 165 g/mol. The minimum atomic E-state index is -3.60. The van der Waals surface area contributed by atoms with Gasteiger partial charge in [0.25, 0.3) is 0 Å². The van der Waals surface area contributed by atoms with Crippen LogP contribution in [0.15, 0.2) is 12.7 Å². The van der Waals surface area contributed by atoms with Crippen molar-refractivity contribution in [1.29, 1.82) is 0 Å². The molecule has 66 valence electrons. The summed E-state index contributed by atoms with van der Waals surface area (Å²) in [5.41, 5.74) is 0. The molecule has 0 aromatic heterocycles. The number of nitrogens with one attached hydrogen (secondary N) is 1. The largest absolute Gasteiger partial charge is 0.348 e. The molecule has 11 heavy (non-hydrogen) atoms. The van der Waals surface area contributed by atoms with E-state index in [1.807, 2.05) is 0 Å². The number of aliphatic hydroxyl groups is 5. The SMILES string of the molecule is C=CCNC(O)(O)C(O)(O)O. The van der Waals surface area contributed by atoms with Gasteiger partial charge in [0.1, 0.15) is 0 Å². The molecular weight excluding hydrogens is 154 g/mol.